The third kappa shape index (κ3) is 7.34. The molecule has 0 saturated carbocycles. The van der Waals surface area contributed by atoms with E-state index in [0.29, 0.717) is 17.0 Å². The molecule has 214 valence electrons. The molecular weight excluding hydrogens is 531 g/mol. The molecule has 0 spiro atoms. The fourth-order valence-electron chi connectivity index (χ4n) is 5.60. The van der Waals surface area contributed by atoms with Crippen molar-refractivity contribution in [2.75, 3.05) is 20.1 Å². The Morgan fingerprint density at radius 1 is 1.07 bits per heavy atom. The molecule has 40 heavy (non-hydrogen) atoms. The summed E-state index contributed by atoms with van der Waals surface area (Å²) in [6, 6.07) is 18.4. The molecule has 0 heterocycles. The lowest BCUT2D eigenvalue weighted by molar-refractivity contribution is -0.136. The van der Waals surface area contributed by atoms with Crippen molar-refractivity contribution in [1.29, 1.82) is 0 Å². The summed E-state index contributed by atoms with van der Waals surface area (Å²) in [5.74, 6) is -1.17. The first-order valence-electron chi connectivity index (χ1n) is 13.4. The van der Waals surface area contributed by atoms with Crippen LogP contribution in [0.15, 0.2) is 71.6 Å². The first-order valence-corrected chi connectivity index (χ1v) is 14.8. The molecule has 0 fully saturated rings. The van der Waals surface area contributed by atoms with E-state index < -0.39 is 34.3 Å². The number of nitrogens with zero attached hydrogens (tertiary/aromatic N) is 1. The molecule has 4 rings (SSSR count). The van der Waals surface area contributed by atoms with Crippen LogP contribution >= 0.6 is 0 Å². The molecule has 3 aromatic carbocycles. The molecule has 1 aliphatic rings. The lowest BCUT2D eigenvalue weighted by Crippen LogP contribution is -2.47. The van der Waals surface area contributed by atoms with Crippen molar-refractivity contribution < 1.29 is 27.8 Å². The summed E-state index contributed by atoms with van der Waals surface area (Å²) >= 11 is 0. The van der Waals surface area contributed by atoms with E-state index in [-0.39, 0.29) is 29.1 Å². The van der Waals surface area contributed by atoms with Crippen LogP contribution in [0.5, 0.6) is 0 Å². The quantitative estimate of drug-likeness (QED) is 0.301. The van der Waals surface area contributed by atoms with Crippen LogP contribution in [0.1, 0.15) is 37.0 Å². The van der Waals surface area contributed by atoms with Crippen LogP contribution in [0, 0.1) is 11.7 Å². The van der Waals surface area contributed by atoms with Gasteiger partial charge in [-0.3, -0.25) is 4.79 Å². The van der Waals surface area contributed by atoms with Gasteiger partial charge >= 0.3 is 5.97 Å². The number of sulfonamides is 1. The minimum Gasteiger partial charge on any atom is -0.481 e. The summed E-state index contributed by atoms with van der Waals surface area (Å²) in [5, 5.41) is 23.3. The number of likely N-dealkylation sites (N-methyl/N-ethyl adjacent to an activating group) is 1. The van der Waals surface area contributed by atoms with Crippen LogP contribution in [0.3, 0.4) is 0 Å². The van der Waals surface area contributed by atoms with E-state index in [1.807, 2.05) is 0 Å². The van der Waals surface area contributed by atoms with Gasteiger partial charge < -0.3 is 15.5 Å². The maximum atomic E-state index is 13.8. The highest BCUT2D eigenvalue weighted by Crippen LogP contribution is 2.32. The van der Waals surface area contributed by atoms with Crippen LogP contribution in [-0.2, 0) is 34.1 Å². The number of carboxylic acid groups (broad SMARTS) is 1. The third-order valence-corrected chi connectivity index (χ3v) is 9.30. The third-order valence-electron chi connectivity index (χ3n) is 7.48. The Labute approximate surface area is 235 Å². The molecular formula is C31H37FN2O5S. The average molecular weight is 569 g/mol. The lowest BCUT2D eigenvalue weighted by Gasteiger charge is -2.31. The zero-order chi connectivity index (χ0) is 29.1. The number of nitrogens with one attached hydrogen (secondary N) is 1. The van der Waals surface area contributed by atoms with Gasteiger partial charge in [-0.15, -0.1) is 0 Å². The van der Waals surface area contributed by atoms with Gasteiger partial charge in [0.15, 0.2) is 0 Å². The monoisotopic (exact) mass is 568 g/mol. The minimum atomic E-state index is -3.96. The Morgan fingerprint density at radius 2 is 1.75 bits per heavy atom. The number of β-amino-alcohol motifs (C(OH)–C–C–N with tert-alkyl or cyclic N) is 1. The number of hydrogen-bond donors (Lipinski definition) is 3. The number of hydrogen-bond acceptors (Lipinski definition) is 5. The normalized spacial score (nSPS) is 14.8. The Bertz CT molecular complexity index is 1450. The molecule has 0 radical (unpaired) electrons. The second-order valence-electron chi connectivity index (χ2n) is 11.4. The highest BCUT2D eigenvalue weighted by atomic mass is 32.2. The average Bonchev–Trinajstić information content (AvgIpc) is 3.29. The van der Waals surface area contributed by atoms with Crippen LogP contribution in [0.2, 0.25) is 0 Å². The van der Waals surface area contributed by atoms with E-state index in [1.54, 1.807) is 12.1 Å². The summed E-state index contributed by atoms with van der Waals surface area (Å²) in [4.78, 5) is 11.3. The molecule has 0 bridgehead atoms. The van der Waals surface area contributed by atoms with Gasteiger partial charge in [0.25, 0.3) is 0 Å². The minimum absolute atomic E-state index is 0.000566. The van der Waals surface area contributed by atoms with Crippen molar-refractivity contribution in [2.24, 2.45) is 5.92 Å². The summed E-state index contributed by atoms with van der Waals surface area (Å²) in [7, 11) is -2.54. The highest BCUT2D eigenvalue weighted by molar-refractivity contribution is 7.89. The summed E-state index contributed by atoms with van der Waals surface area (Å²) < 4.78 is 41.6. The van der Waals surface area contributed by atoms with Gasteiger partial charge in [-0.2, -0.15) is 4.31 Å². The molecule has 0 aliphatic heterocycles. The molecule has 0 amide bonds. The predicted molar refractivity (Wildman–Crippen MR) is 153 cm³/mol. The number of carbonyl (C=O) groups is 1. The Hall–Kier alpha value is -3.11. The maximum absolute atomic E-state index is 13.8. The number of rotatable bonds is 12. The number of aliphatic hydroxyl groups excluding tert-OH is 1. The second-order valence-corrected chi connectivity index (χ2v) is 13.4. The van der Waals surface area contributed by atoms with Crippen LogP contribution in [0.25, 0.3) is 11.1 Å². The van der Waals surface area contributed by atoms with Crippen LogP contribution in [-0.4, -0.2) is 60.7 Å². The van der Waals surface area contributed by atoms with E-state index in [2.05, 4.69) is 43.4 Å². The first-order chi connectivity index (χ1) is 18.8. The van der Waals surface area contributed by atoms with Gasteiger partial charge in [0, 0.05) is 25.7 Å². The van der Waals surface area contributed by atoms with Crippen molar-refractivity contribution in [1.82, 2.24) is 9.62 Å². The van der Waals surface area contributed by atoms with Gasteiger partial charge in [0.2, 0.25) is 10.0 Å². The van der Waals surface area contributed by atoms with Crippen molar-refractivity contribution in [2.45, 2.75) is 56.1 Å². The summed E-state index contributed by atoms with van der Waals surface area (Å²) in [5.41, 5.74) is 3.72. The Morgan fingerprint density at radius 3 is 2.40 bits per heavy atom. The van der Waals surface area contributed by atoms with Crippen molar-refractivity contribution >= 4 is 16.0 Å². The number of aliphatic carboxylic acids is 1. The SMILES string of the molecule is CN(C[C@H](O)CNC(C)(C)CC1Cc2ccccc2C1)S(=O)(=O)c1cccc(-c2ccc(F)cc2CC(=O)O)c1. The van der Waals surface area contributed by atoms with Gasteiger partial charge in [0.05, 0.1) is 17.4 Å². The highest BCUT2D eigenvalue weighted by Gasteiger charge is 2.29. The first kappa shape index (κ1) is 29.9. The second kappa shape index (κ2) is 12.2. The van der Waals surface area contributed by atoms with E-state index >= 15 is 0 Å². The molecule has 0 saturated heterocycles. The summed E-state index contributed by atoms with van der Waals surface area (Å²) in [6.45, 7) is 4.33. The molecule has 0 aromatic heterocycles. The molecule has 1 atom stereocenters. The van der Waals surface area contributed by atoms with Crippen molar-refractivity contribution in [3.05, 3.63) is 89.2 Å². The van der Waals surface area contributed by atoms with Gasteiger partial charge in [0.1, 0.15) is 5.82 Å². The van der Waals surface area contributed by atoms with Gasteiger partial charge in [-0.25, -0.2) is 12.8 Å². The van der Waals surface area contributed by atoms with Crippen LogP contribution < -0.4 is 5.32 Å². The molecule has 0 unspecified atom stereocenters. The molecule has 3 aromatic rings. The topological polar surface area (TPSA) is 107 Å². The van der Waals surface area contributed by atoms with E-state index in [4.69, 9.17) is 0 Å². The van der Waals surface area contributed by atoms with E-state index in [0.717, 1.165) is 29.6 Å². The van der Waals surface area contributed by atoms with Gasteiger partial charge in [-0.05, 0) is 91.1 Å². The number of halogens is 1. The van der Waals surface area contributed by atoms with E-state index in [1.165, 1.54) is 42.4 Å². The lowest BCUT2D eigenvalue weighted by atomic mass is 9.88. The van der Waals surface area contributed by atoms with Crippen molar-refractivity contribution in [3.8, 4) is 11.1 Å². The number of carboxylic acids is 1. The number of aliphatic hydroxyl groups is 1. The molecule has 1 aliphatic carbocycles. The predicted octanol–water partition coefficient (Wildman–Crippen LogP) is 4.27. The molecule has 3 N–H and O–H groups in total. The molecule has 9 heteroatoms. The smallest absolute Gasteiger partial charge is 0.307 e. The maximum Gasteiger partial charge on any atom is 0.307 e. The number of benzene rings is 3. The fourth-order valence-corrected chi connectivity index (χ4v) is 6.85. The standard InChI is InChI=1S/C31H37FN2O5S/c1-31(2,18-21-13-22-7-4-5-8-23(22)14-21)33-19-27(35)20-34(3)40(38,39)28-10-6-9-24(16-28)29-12-11-26(32)15-25(29)17-30(36)37/h4-12,15-16,21,27,33,35H,13-14,17-20H2,1-3H3,(H,36,37)/t27-/m1/s1. The number of fused-ring (bicyclic) bond motifs is 1. The van der Waals surface area contributed by atoms with Gasteiger partial charge in [-0.1, -0.05) is 42.5 Å². The van der Waals surface area contributed by atoms with Crippen molar-refractivity contribution in [3.63, 3.8) is 0 Å². The van der Waals surface area contributed by atoms with Crippen LogP contribution in [0.4, 0.5) is 4.39 Å². The zero-order valence-electron chi connectivity index (χ0n) is 23.1. The van der Waals surface area contributed by atoms with E-state index in [9.17, 15) is 27.8 Å². The molecule has 7 nitrogen and oxygen atoms in total. The Kier molecular flexibility index (Phi) is 9.09. The summed E-state index contributed by atoms with van der Waals surface area (Å²) in [6.07, 6.45) is 1.69. The Balaban J connectivity index is 1.38. The largest absolute Gasteiger partial charge is 0.481 e. The zero-order valence-corrected chi connectivity index (χ0v) is 23.9. The fraction of sp³-hybridized carbons (Fsp3) is 0.387.